The van der Waals surface area contributed by atoms with E-state index in [2.05, 4.69) is 46.5 Å². The van der Waals surface area contributed by atoms with Crippen molar-refractivity contribution in [3.05, 3.63) is 24.5 Å². The van der Waals surface area contributed by atoms with Crippen molar-refractivity contribution >= 4 is 8.32 Å². The van der Waals surface area contributed by atoms with Gasteiger partial charge in [-0.1, -0.05) is 26.8 Å². The van der Waals surface area contributed by atoms with E-state index >= 15 is 0 Å². The highest BCUT2D eigenvalue weighted by atomic mass is 28.4. The molecule has 0 fully saturated rings. The van der Waals surface area contributed by atoms with Crippen molar-refractivity contribution in [2.45, 2.75) is 71.0 Å². The van der Waals surface area contributed by atoms with E-state index < -0.39 is 8.32 Å². The Morgan fingerprint density at radius 2 is 2.11 bits per heavy atom. The lowest BCUT2D eigenvalue weighted by Gasteiger charge is -2.38. The van der Waals surface area contributed by atoms with Crippen LogP contribution in [0.4, 0.5) is 0 Å². The maximum Gasteiger partial charge on any atom is 0.250 e. The van der Waals surface area contributed by atoms with E-state index in [9.17, 15) is 0 Å². The molecular weight excluding hydrogens is 236 g/mol. The second kappa shape index (κ2) is 6.09. The number of hydrogen-bond acceptors (Lipinski definition) is 1. The molecule has 0 spiro atoms. The third kappa shape index (κ3) is 4.31. The van der Waals surface area contributed by atoms with Gasteiger partial charge in [-0.3, -0.25) is 0 Å². The molecule has 1 aliphatic rings. The summed E-state index contributed by atoms with van der Waals surface area (Å²) in [5.41, 5.74) is 0. The highest BCUT2D eigenvalue weighted by Gasteiger charge is 2.39. The van der Waals surface area contributed by atoms with Crippen LogP contribution in [-0.2, 0) is 4.43 Å². The molecule has 1 aliphatic carbocycles. The van der Waals surface area contributed by atoms with Crippen LogP contribution < -0.4 is 0 Å². The molecule has 0 bridgehead atoms. The molecule has 1 rings (SSSR count). The van der Waals surface area contributed by atoms with Crippen LogP contribution in [0.3, 0.4) is 0 Å². The summed E-state index contributed by atoms with van der Waals surface area (Å²) in [5, 5.41) is 0.294. The van der Waals surface area contributed by atoms with E-state index in [1.807, 2.05) is 6.08 Å². The highest BCUT2D eigenvalue weighted by Crippen LogP contribution is 2.39. The van der Waals surface area contributed by atoms with Crippen LogP contribution in [0.25, 0.3) is 0 Å². The lowest BCUT2D eigenvalue weighted by molar-refractivity contribution is 0.332. The fourth-order valence-corrected chi connectivity index (χ4v) is 3.23. The fraction of sp³-hybridized carbons (Fsp3) is 0.750. The van der Waals surface area contributed by atoms with Crippen LogP contribution in [0.15, 0.2) is 24.5 Å². The molecule has 0 saturated carbocycles. The van der Waals surface area contributed by atoms with Gasteiger partial charge in [0.05, 0.1) is 5.76 Å². The van der Waals surface area contributed by atoms with Crippen LogP contribution in [0, 0.1) is 5.92 Å². The molecule has 0 radical (unpaired) electrons. The lowest BCUT2D eigenvalue weighted by atomic mass is 9.91. The van der Waals surface area contributed by atoms with Gasteiger partial charge < -0.3 is 4.43 Å². The van der Waals surface area contributed by atoms with Gasteiger partial charge in [0.15, 0.2) is 0 Å². The molecule has 1 unspecified atom stereocenters. The van der Waals surface area contributed by atoms with Crippen LogP contribution in [0.2, 0.25) is 18.1 Å². The Balaban J connectivity index is 2.66. The predicted octanol–water partition coefficient (Wildman–Crippen LogP) is 5.66. The third-order valence-electron chi connectivity index (χ3n) is 4.35. The third-order valence-corrected chi connectivity index (χ3v) is 8.74. The fourth-order valence-electron chi connectivity index (χ4n) is 2.09. The van der Waals surface area contributed by atoms with Gasteiger partial charge in [-0.25, -0.2) is 0 Å². The Hall–Kier alpha value is -0.503. The first-order valence-electron chi connectivity index (χ1n) is 7.27. The molecule has 1 atom stereocenters. The van der Waals surface area contributed by atoms with Crippen LogP contribution in [0.1, 0.15) is 52.9 Å². The van der Waals surface area contributed by atoms with E-state index in [0.29, 0.717) is 11.0 Å². The van der Waals surface area contributed by atoms with Crippen LogP contribution >= 0.6 is 0 Å². The molecule has 0 aromatic heterocycles. The maximum atomic E-state index is 6.43. The van der Waals surface area contributed by atoms with E-state index in [-0.39, 0.29) is 0 Å². The largest absolute Gasteiger partial charge is 0.547 e. The van der Waals surface area contributed by atoms with Gasteiger partial charge in [-0.15, -0.1) is 6.58 Å². The molecule has 0 N–H and O–H groups in total. The first-order chi connectivity index (χ1) is 8.26. The first kappa shape index (κ1) is 15.6. The summed E-state index contributed by atoms with van der Waals surface area (Å²) >= 11 is 0. The van der Waals surface area contributed by atoms with Gasteiger partial charge in [0.2, 0.25) is 8.32 Å². The Bertz CT molecular complexity index is 310. The molecule has 0 amide bonds. The number of hydrogen-bond donors (Lipinski definition) is 0. The first-order valence-corrected chi connectivity index (χ1v) is 10.2. The predicted molar refractivity (Wildman–Crippen MR) is 83.1 cm³/mol. The maximum absolute atomic E-state index is 6.43. The van der Waals surface area contributed by atoms with Crippen molar-refractivity contribution in [2.75, 3.05) is 0 Å². The highest BCUT2D eigenvalue weighted by molar-refractivity contribution is 6.74. The second-order valence-electron chi connectivity index (χ2n) is 7.01. The smallest absolute Gasteiger partial charge is 0.250 e. The van der Waals surface area contributed by atoms with Crippen LogP contribution in [0.5, 0.6) is 0 Å². The minimum absolute atomic E-state index is 0.294. The number of rotatable bonds is 5. The van der Waals surface area contributed by atoms with Crippen LogP contribution in [-0.4, -0.2) is 8.32 Å². The summed E-state index contributed by atoms with van der Waals surface area (Å²) in [6.45, 7) is 15.4. The van der Waals surface area contributed by atoms with Gasteiger partial charge in [0.25, 0.3) is 0 Å². The summed E-state index contributed by atoms with van der Waals surface area (Å²) < 4.78 is 6.43. The normalized spacial score (nSPS) is 21.4. The second-order valence-corrected chi connectivity index (χ2v) is 11.7. The van der Waals surface area contributed by atoms with E-state index in [1.165, 1.54) is 25.0 Å². The standard InChI is InChI=1S/C16H30OSi/c1-7-8-10-14-11-9-12-15(13-14)17-18(5,6)16(2,3)4/h7,13-14H,1,8-12H2,2-6H3. The molecular formula is C16H30OSi. The monoisotopic (exact) mass is 266 g/mol. The minimum atomic E-state index is -1.64. The van der Waals surface area contributed by atoms with E-state index in [0.717, 1.165) is 12.8 Å². The molecule has 0 saturated heterocycles. The molecule has 0 aromatic rings. The summed E-state index contributed by atoms with van der Waals surface area (Å²) in [4.78, 5) is 0. The molecule has 0 heterocycles. The molecule has 2 heteroatoms. The lowest BCUT2D eigenvalue weighted by Crippen LogP contribution is -2.40. The Kier molecular flexibility index (Phi) is 5.27. The summed E-state index contributed by atoms with van der Waals surface area (Å²) in [7, 11) is -1.64. The average molecular weight is 267 g/mol. The van der Waals surface area contributed by atoms with Crippen molar-refractivity contribution in [3.63, 3.8) is 0 Å². The van der Waals surface area contributed by atoms with Crippen molar-refractivity contribution < 1.29 is 4.43 Å². The van der Waals surface area contributed by atoms with Crippen molar-refractivity contribution in [1.29, 1.82) is 0 Å². The Morgan fingerprint density at radius 3 is 2.67 bits per heavy atom. The van der Waals surface area contributed by atoms with Gasteiger partial charge in [0, 0.05) is 6.42 Å². The molecule has 0 aliphatic heterocycles. The zero-order chi connectivity index (χ0) is 13.8. The van der Waals surface area contributed by atoms with Gasteiger partial charge in [0.1, 0.15) is 0 Å². The van der Waals surface area contributed by atoms with Crippen molar-refractivity contribution in [1.82, 2.24) is 0 Å². The van der Waals surface area contributed by atoms with Gasteiger partial charge >= 0.3 is 0 Å². The summed E-state index contributed by atoms with van der Waals surface area (Å²) in [6.07, 6.45) is 10.5. The molecule has 0 aromatic carbocycles. The zero-order valence-corrected chi connectivity index (χ0v) is 13.9. The SMILES string of the molecule is C=CCCC1C=C(O[Si](C)(C)C(C)(C)C)CCC1. The molecule has 18 heavy (non-hydrogen) atoms. The number of allylic oxidation sites excluding steroid dienone is 3. The van der Waals surface area contributed by atoms with E-state index in [1.54, 1.807) is 0 Å². The molecule has 104 valence electrons. The average Bonchev–Trinajstić information content (AvgIpc) is 2.24. The van der Waals surface area contributed by atoms with Crippen molar-refractivity contribution in [2.24, 2.45) is 5.92 Å². The van der Waals surface area contributed by atoms with Gasteiger partial charge in [-0.05, 0) is 55.8 Å². The quantitative estimate of drug-likeness (QED) is 0.461. The van der Waals surface area contributed by atoms with Gasteiger partial charge in [-0.2, -0.15) is 0 Å². The van der Waals surface area contributed by atoms with Crippen molar-refractivity contribution in [3.8, 4) is 0 Å². The summed E-state index contributed by atoms with van der Waals surface area (Å²) in [6, 6.07) is 0. The topological polar surface area (TPSA) is 9.23 Å². The Labute approximate surface area is 114 Å². The molecule has 1 nitrogen and oxygen atoms in total. The minimum Gasteiger partial charge on any atom is -0.547 e. The van der Waals surface area contributed by atoms with E-state index in [4.69, 9.17) is 4.43 Å². The summed E-state index contributed by atoms with van der Waals surface area (Å²) in [5.74, 6) is 1.97. The zero-order valence-electron chi connectivity index (χ0n) is 12.9. The Morgan fingerprint density at radius 1 is 1.44 bits per heavy atom.